The summed E-state index contributed by atoms with van der Waals surface area (Å²) in [6, 6.07) is 35.5. The molecule has 3 fully saturated rings. The number of rotatable bonds is 14. The third-order valence-corrected chi connectivity index (χ3v) is 14.5. The Bertz CT molecular complexity index is 3270. The van der Waals surface area contributed by atoms with E-state index in [0.29, 0.717) is 96.9 Å². The van der Waals surface area contributed by atoms with Crippen molar-refractivity contribution in [3.05, 3.63) is 176 Å². The summed E-state index contributed by atoms with van der Waals surface area (Å²) < 4.78 is 119. The number of aliphatic hydroxyl groups excluding tert-OH is 1. The molecule has 0 spiro atoms. The fraction of sp³-hybridized carbons (Fsp3) is 0.389. The van der Waals surface area contributed by atoms with Crippen molar-refractivity contribution < 1.29 is 95.2 Å². The Morgan fingerprint density at radius 1 is 0.506 bits per heavy atom. The van der Waals surface area contributed by atoms with Gasteiger partial charge < -0.3 is 43.9 Å². The van der Waals surface area contributed by atoms with Crippen LogP contribution in [0.2, 0.25) is 0 Å². The number of carbonyl (C=O) groups is 3. The van der Waals surface area contributed by atoms with E-state index in [0.717, 1.165) is 41.1 Å². The molecule has 0 aliphatic carbocycles. The number of likely N-dealkylation sites (tertiary alicyclic amines) is 3. The Balaban J connectivity index is 0.000000240. The fourth-order valence-electron chi connectivity index (χ4n) is 7.80. The van der Waals surface area contributed by atoms with Gasteiger partial charge in [0, 0.05) is 64.2 Å². The summed E-state index contributed by atoms with van der Waals surface area (Å²) in [7, 11) is -11.2. The number of phenols is 1. The SMILES string of the molecule is CS(=O)(=O)OC1CCN(C(=O)OCc2ccccc2)CC1.CS(=O)(=O)OS(C)(=O)=O.O=C(OCc1ccccc1)N1CCC(O)CC1.O=C(OCc1ccccc1)N1CCC(Oc2cccc([N+](=O)[O-])c2F)CC1.O=[N+]([O-])c1cccc(O)c1F. The standard InChI is InChI=1S/C19H19FN2O5.C14H19NO5S.C13H17NO3.C6H4FNO3.C2H6O5S2/c20-18-16(22(24)25)7-4-8-17(18)27-15-9-11-21(12-10-15)19(23)26-13-14-5-2-1-3-6-14;1-21(17,18)20-13-7-9-15(10-8-13)14(16)19-11-12-5-3-2-4-6-12;15-12-6-8-14(9-7-12)13(16)17-10-11-4-2-1-3-5-11;7-6-4(8(10)11)2-1-3-5(6)9;1-8(3,4)7-9(2,5)6/h1-8,15H,9-13H2;2-6,13H,7-11H2,1H3;1-5,12,15H,6-10H2;1-3,9H;1-2H3. The van der Waals surface area contributed by atoms with Gasteiger partial charge in [-0.3, -0.25) is 24.4 Å². The normalized spacial score (nSPS) is 14.8. The average molecular weight is 1250 g/mol. The summed E-state index contributed by atoms with van der Waals surface area (Å²) in [5, 5.41) is 38.8. The van der Waals surface area contributed by atoms with E-state index in [-0.39, 0.29) is 49.5 Å². The van der Waals surface area contributed by atoms with E-state index in [1.165, 1.54) is 18.2 Å². The van der Waals surface area contributed by atoms with Crippen molar-refractivity contribution >= 4 is 60.0 Å². The number of piperidine rings is 3. The van der Waals surface area contributed by atoms with Crippen LogP contribution in [0.4, 0.5) is 34.5 Å². The molecule has 2 N–H and O–H groups in total. The molecule has 0 radical (unpaired) electrons. The Kier molecular flexibility index (Phi) is 27.8. The number of halogens is 2. The fourth-order valence-corrected chi connectivity index (χ4v) is 10.3. The van der Waals surface area contributed by atoms with Gasteiger partial charge in [-0.05, 0) is 54.5 Å². The molecule has 3 amide bonds. The van der Waals surface area contributed by atoms with Crippen LogP contribution in [0.5, 0.6) is 11.5 Å². The lowest BCUT2D eigenvalue weighted by atomic mass is 10.1. The average Bonchev–Trinajstić information content (AvgIpc) is 3.65. The first kappa shape index (κ1) is 69.4. The summed E-state index contributed by atoms with van der Waals surface area (Å²) in [4.78, 5) is 59.7. The predicted molar refractivity (Wildman–Crippen MR) is 301 cm³/mol. The molecule has 464 valence electrons. The molecule has 0 saturated carbocycles. The highest BCUT2D eigenvalue weighted by atomic mass is 32.3. The molecular weight excluding hydrogens is 1190 g/mol. The summed E-state index contributed by atoms with van der Waals surface area (Å²) in [6.45, 7) is 3.60. The molecule has 3 saturated heterocycles. The number of phenolic OH excluding ortho intramolecular Hbond substituents is 1. The van der Waals surface area contributed by atoms with Crippen LogP contribution in [0.15, 0.2) is 127 Å². The number of nitrogens with zero attached hydrogens (tertiary/aromatic N) is 5. The van der Waals surface area contributed by atoms with Gasteiger partial charge in [-0.15, -0.1) is 3.63 Å². The van der Waals surface area contributed by atoms with E-state index < -0.39 is 75.1 Å². The maximum Gasteiger partial charge on any atom is 0.410 e. The monoisotopic (exact) mass is 1250 g/mol. The lowest BCUT2D eigenvalue weighted by Gasteiger charge is -2.31. The van der Waals surface area contributed by atoms with Crippen molar-refractivity contribution in [3.63, 3.8) is 0 Å². The first-order chi connectivity index (χ1) is 40.1. The van der Waals surface area contributed by atoms with Crippen LogP contribution < -0.4 is 4.74 Å². The topological polar surface area (TPSA) is 345 Å². The predicted octanol–water partition coefficient (Wildman–Crippen LogP) is 7.82. The van der Waals surface area contributed by atoms with Gasteiger partial charge in [-0.25, -0.2) is 14.4 Å². The van der Waals surface area contributed by atoms with Gasteiger partial charge in [0.05, 0.1) is 40.8 Å². The molecule has 5 aromatic rings. The minimum absolute atomic E-state index is 0.144. The van der Waals surface area contributed by atoms with Crippen molar-refractivity contribution in [3.8, 4) is 11.5 Å². The zero-order valence-corrected chi connectivity index (χ0v) is 48.8. The van der Waals surface area contributed by atoms with Crippen LogP contribution in [0.25, 0.3) is 0 Å². The number of nitro groups is 2. The quantitative estimate of drug-likeness (QED) is 0.0463. The molecule has 3 aliphatic heterocycles. The molecular formula is C54H65F2N5O21S3. The minimum atomic E-state index is -3.87. The van der Waals surface area contributed by atoms with Gasteiger partial charge in [-0.2, -0.15) is 34.0 Å². The highest BCUT2D eigenvalue weighted by molar-refractivity contribution is 7.99. The Labute approximate surface area is 490 Å². The summed E-state index contributed by atoms with van der Waals surface area (Å²) in [6.07, 6.45) is 3.59. The van der Waals surface area contributed by atoms with E-state index in [4.69, 9.17) is 28.2 Å². The van der Waals surface area contributed by atoms with E-state index in [2.05, 4.69) is 3.63 Å². The lowest BCUT2D eigenvalue weighted by Crippen LogP contribution is -2.42. The summed E-state index contributed by atoms with van der Waals surface area (Å²) in [5.41, 5.74) is 1.49. The molecule has 3 heterocycles. The van der Waals surface area contributed by atoms with Crippen LogP contribution in [-0.4, -0.2) is 155 Å². The van der Waals surface area contributed by atoms with Crippen LogP contribution in [0, 0.1) is 31.9 Å². The number of nitro benzene ring substituents is 2. The number of aromatic hydroxyl groups is 1. The summed E-state index contributed by atoms with van der Waals surface area (Å²) in [5.74, 6) is -3.03. The molecule has 3 aliphatic rings. The van der Waals surface area contributed by atoms with Crippen molar-refractivity contribution in [2.24, 2.45) is 0 Å². The van der Waals surface area contributed by atoms with E-state index in [9.17, 15) is 73.8 Å². The molecule has 85 heavy (non-hydrogen) atoms. The zero-order valence-electron chi connectivity index (χ0n) is 46.3. The number of aliphatic hydroxyl groups is 1. The highest BCUT2D eigenvalue weighted by Gasteiger charge is 2.29. The first-order valence-corrected chi connectivity index (χ1v) is 31.3. The summed E-state index contributed by atoms with van der Waals surface area (Å²) >= 11 is 0. The largest absolute Gasteiger partial charge is 0.505 e. The second kappa shape index (κ2) is 34.0. The Morgan fingerprint density at radius 2 is 0.847 bits per heavy atom. The first-order valence-electron chi connectivity index (χ1n) is 25.8. The van der Waals surface area contributed by atoms with Crippen LogP contribution in [-0.2, 0) is 72.2 Å². The third-order valence-electron chi connectivity index (χ3n) is 11.9. The van der Waals surface area contributed by atoms with Crippen molar-refractivity contribution in [2.45, 2.75) is 76.7 Å². The van der Waals surface area contributed by atoms with Crippen LogP contribution in [0.3, 0.4) is 0 Å². The van der Waals surface area contributed by atoms with E-state index in [1.54, 1.807) is 14.7 Å². The van der Waals surface area contributed by atoms with Crippen molar-refractivity contribution in [1.82, 2.24) is 14.7 Å². The number of amides is 3. The molecule has 0 atom stereocenters. The molecule has 0 aromatic heterocycles. The smallest absolute Gasteiger partial charge is 0.410 e. The maximum absolute atomic E-state index is 14.1. The van der Waals surface area contributed by atoms with Gasteiger partial charge in [0.2, 0.25) is 11.6 Å². The van der Waals surface area contributed by atoms with Gasteiger partial charge in [-0.1, -0.05) is 103 Å². The molecule has 0 bridgehead atoms. The van der Waals surface area contributed by atoms with Crippen LogP contribution >= 0.6 is 0 Å². The van der Waals surface area contributed by atoms with Gasteiger partial charge in [0.15, 0.2) is 11.5 Å². The molecule has 31 heteroatoms. The minimum Gasteiger partial charge on any atom is -0.505 e. The second-order valence-corrected chi connectivity index (χ2v) is 23.8. The molecule has 8 rings (SSSR count). The number of carbonyl (C=O) groups excluding carboxylic acids is 3. The van der Waals surface area contributed by atoms with Crippen molar-refractivity contribution in [1.29, 1.82) is 0 Å². The number of ether oxygens (including phenoxy) is 4. The number of hydrogen-bond donors (Lipinski definition) is 2. The number of hydrogen-bond acceptors (Lipinski definition) is 21. The molecule has 26 nitrogen and oxygen atoms in total. The molecule has 0 unspecified atom stereocenters. The van der Waals surface area contributed by atoms with Crippen LogP contribution in [0.1, 0.15) is 55.2 Å². The van der Waals surface area contributed by atoms with Crippen molar-refractivity contribution in [2.75, 3.05) is 58.0 Å². The third kappa shape index (κ3) is 27.0. The van der Waals surface area contributed by atoms with E-state index in [1.807, 2.05) is 91.0 Å². The Morgan fingerprint density at radius 3 is 1.18 bits per heavy atom. The highest BCUT2D eigenvalue weighted by Crippen LogP contribution is 2.29. The Hall–Kier alpha value is -8.10. The zero-order chi connectivity index (χ0) is 62.7. The van der Waals surface area contributed by atoms with Gasteiger partial charge >= 0.3 is 29.7 Å². The van der Waals surface area contributed by atoms with E-state index >= 15 is 0 Å². The van der Waals surface area contributed by atoms with Gasteiger partial charge in [0.1, 0.15) is 25.9 Å². The lowest BCUT2D eigenvalue weighted by molar-refractivity contribution is -0.387. The maximum atomic E-state index is 14.1. The van der Waals surface area contributed by atoms with Gasteiger partial charge in [0.25, 0.3) is 30.4 Å². The second-order valence-electron chi connectivity index (χ2n) is 18.8. The molecule has 5 aromatic carbocycles. The number of benzene rings is 5.